The van der Waals surface area contributed by atoms with Gasteiger partial charge < -0.3 is 15.0 Å². The van der Waals surface area contributed by atoms with Crippen LogP contribution in [0, 0.1) is 5.92 Å². The number of nitrogens with one attached hydrogen (secondary N) is 2. The van der Waals surface area contributed by atoms with Crippen molar-refractivity contribution in [2.24, 2.45) is 5.92 Å². The van der Waals surface area contributed by atoms with Crippen molar-refractivity contribution in [2.75, 3.05) is 19.8 Å². The van der Waals surface area contributed by atoms with Crippen molar-refractivity contribution in [1.29, 1.82) is 0 Å². The fourth-order valence-corrected chi connectivity index (χ4v) is 3.24. The lowest BCUT2D eigenvalue weighted by Gasteiger charge is -2.22. The summed E-state index contributed by atoms with van der Waals surface area (Å²) in [5, 5.41) is 4.77. The fraction of sp³-hybridized carbons (Fsp3) is 0.375. The summed E-state index contributed by atoms with van der Waals surface area (Å²) in [5.74, 6) is 0.00623. The molecule has 1 aliphatic heterocycles. The number of carbonyl (C=O) groups excluding carboxylic acids is 1. The highest BCUT2D eigenvalue weighted by molar-refractivity contribution is 7.13. The number of thiophene rings is 1. The van der Waals surface area contributed by atoms with Gasteiger partial charge in [-0.05, 0) is 42.3 Å². The number of hydrogen-bond donors (Lipinski definition) is 2. The molecule has 1 fully saturated rings. The highest BCUT2D eigenvalue weighted by Crippen LogP contribution is 2.21. The van der Waals surface area contributed by atoms with E-state index in [9.17, 15) is 9.59 Å². The van der Waals surface area contributed by atoms with Crippen molar-refractivity contribution in [1.82, 2.24) is 10.3 Å². The number of ether oxygens (including phenoxy) is 1. The minimum Gasteiger partial charge on any atom is -0.381 e. The van der Waals surface area contributed by atoms with Gasteiger partial charge in [-0.1, -0.05) is 6.07 Å². The van der Waals surface area contributed by atoms with Crippen molar-refractivity contribution in [3.05, 3.63) is 45.6 Å². The van der Waals surface area contributed by atoms with Crippen LogP contribution in [0.5, 0.6) is 0 Å². The van der Waals surface area contributed by atoms with E-state index in [0.717, 1.165) is 30.0 Å². The molecule has 2 N–H and O–H groups in total. The molecule has 0 aliphatic carbocycles. The minimum absolute atomic E-state index is 0.150. The molecule has 3 heterocycles. The van der Waals surface area contributed by atoms with Gasteiger partial charge in [-0.3, -0.25) is 9.59 Å². The van der Waals surface area contributed by atoms with E-state index in [1.807, 2.05) is 17.5 Å². The van der Waals surface area contributed by atoms with Crippen LogP contribution < -0.4 is 10.9 Å². The summed E-state index contributed by atoms with van der Waals surface area (Å²) in [6, 6.07) is 7.20. The van der Waals surface area contributed by atoms with E-state index in [1.54, 1.807) is 23.5 Å². The van der Waals surface area contributed by atoms with Gasteiger partial charge >= 0.3 is 0 Å². The van der Waals surface area contributed by atoms with Gasteiger partial charge in [-0.25, -0.2) is 0 Å². The zero-order chi connectivity index (χ0) is 15.4. The number of carbonyl (C=O) groups is 1. The normalized spacial score (nSPS) is 18.1. The maximum Gasteiger partial charge on any atom is 0.261 e. The molecule has 3 rings (SSSR count). The number of rotatable bonds is 4. The van der Waals surface area contributed by atoms with E-state index in [4.69, 9.17) is 4.74 Å². The Morgan fingerprint density at radius 2 is 2.32 bits per heavy atom. The number of pyridine rings is 1. The summed E-state index contributed by atoms with van der Waals surface area (Å²) in [6.07, 6.45) is 2.07. The van der Waals surface area contributed by atoms with Crippen molar-refractivity contribution >= 4 is 17.2 Å². The first kappa shape index (κ1) is 15.0. The van der Waals surface area contributed by atoms with E-state index in [0.29, 0.717) is 19.1 Å². The molecule has 1 atom stereocenters. The first-order chi connectivity index (χ1) is 10.7. The summed E-state index contributed by atoms with van der Waals surface area (Å²) in [4.78, 5) is 28.0. The average molecular weight is 318 g/mol. The Hall–Kier alpha value is -1.92. The van der Waals surface area contributed by atoms with Crippen LogP contribution in [0.1, 0.15) is 23.2 Å². The molecule has 0 saturated carbocycles. The Bertz CT molecular complexity index is 688. The maximum absolute atomic E-state index is 12.1. The van der Waals surface area contributed by atoms with Gasteiger partial charge in [0.05, 0.1) is 17.2 Å². The third-order valence-electron chi connectivity index (χ3n) is 3.75. The van der Waals surface area contributed by atoms with Gasteiger partial charge in [0.2, 0.25) is 0 Å². The molecule has 2 aromatic heterocycles. The summed E-state index contributed by atoms with van der Waals surface area (Å²) >= 11 is 1.54. The third-order valence-corrected chi connectivity index (χ3v) is 4.65. The van der Waals surface area contributed by atoms with Crippen molar-refractivity contribution in [3.63, 3.8) is 0 Å². The van der Waals surface area contributed by atoms with Crippen LogP contribution in [0.3, 0.4) is 0 Å². The van der Waals surface area contributed by atoms with Gasteiger partial charge in [0.1, 0.15) is 5.56 Å². The molecule has 0 radical (unpaired) electrons. The zero-order valence-electron chi connectivity index (χ0n) is 12.1. The van der Waals surface area contributed by atoms with Crippen molar-refractivity contribution < 1.29 is 9.53 Å². The molecule has 116 valence electrons. The Morgan fingerprint density at radius 1 is 1.41 bits per heavy atom. The minimum atomic E-state index is -0.358. The zero-order valence-corrected chi connectivity index (χ0v) is 12.9. The molecular weight excluding hydrogens is 300 g/mol. The standard InChI is InChI=1S/C16H18N2O3S/c19-15(17-9-11-3-1-7-21-10-11)12-5-6-13(18-16(12)20)14-4-2-8-22-14/h2,4-6,8,11H,1,3,7,9-10H2,(H,17,19)(H,18,20)/t11-/m1/s1. The molecule has 6 heteroatoms. The second-order valence-corrected chi connectivity index (χ2v) is 6.33. The predicted molar refractivity (Wildman–Crippen MR) is 86.3 cm³/mol. The van der Waals surface area contributed by atoms with Crippen LogP contribution in [0.4, 0.5) is 0 Å². The lowest BCUT2D eigenvalue weighted by Crippen LogP contribution is -2.35. The molecular formula is C16H18N2O3S. The second-order valence-electron chi connectivity index (χ2n) is 5.39. The fourth-order valence-electron chi connectivity index (χ4n) is 2.53. The first-order valence-electron chi connectivity index (χ1n) is 7.37. The van der Waals surface area contributed by atoms with Crippen molar-refractivity contribution in [3.8, 4) is 10.6 Å². The Kier molecular flexibility index (Phi) is 4.70. The number of aromatic nitrogens is 1. The van der Waals surface area contributed by atoms with E-state index >= 15 is 0 Å². The van der Waals surface area contributed by atoms with Crippen LogP contribution in [-0.4, -0.2) is 30.6 Å². The first-order valence-corrected chi connectivity index (χ1v) is 8.25. The Balaban J connectivity index is 1.66. The Labute approximate surface area is 132 Å². The van der Waals surface area contributed by atoms with E-state index in [-0.39, 0.29) is 17.0 Å². The highest BCUT2D eigenvalue weighted by atomic mass is 32.1. The van der Waals surface area contributed by atoms with Gasteiger partial charge in [-0.2, -0.15) is 0 Å². The maximum atomic E-state index is 12.1. The number of amides is 1. The van der Waals surface area contributed by atoms with E-state index in [2.05, 4.69) is 10.3 Å². The van der Waals surface area contributed by atoms with Crippen LogP contribution in [-0.2, 0) is 4.74 Å². The van der Waals surface area contributed by atoms with Gasteiger partial charge in [0.15, 0.2) is 0 Å². The molecule has 0 aromatic carbocycles. The third kappa shape index (κ3) is 3.45. The summed E-state index contributed by atoms with van der Waals surface area (Å²) in [5.41, 5.74) is 0.526. The summed E-state index contributed by atoms with van der Waals surface area (Å²) < 4.78 is 5.38. The summed E-state index contributed by atoms with van der Waals surface area (Å²) in [7, 11) is 0. The van der Waals surface area contributed by atoms with Gasteiger partial charge in [0.25, 0.3) is 11.5 Å². The summed E-state index contributed by atoms with van der Waals surface area (Å²) in [6.45, 7) is 2.02. The molecule has 2 aromatic rings. The molecule has 1 amide bonds. The van der Waals surface area contributed by atoms with Gasteiger partial charge in [-0.15, -0.1) is 11.3 Å². The van der Waals surface area contributed by atoms with Crippen LogP contribution in [0.15, 0.2) is 34.4 Å². The van der Waals surface area contributed by atoms with Crippen molar-refractivity contribution in [2.45, 2.75) is 12.8 Å². The lowest BCUT2D eigenvalue weighted by molar-refractivity contribution is 0.0536. The number of H-pyrrole nitrogens is 1. The van der Waals surface area contributed by atoms with Crippen LogP contribution in [0.25, 0.3) is 10.6 Å². The monoisotopic (exact) mass is 318 g/mol. The van der Waals surface area contributed by atoms with E-state index < -0.39 is 0 Å². The average Bonchev–Trinajstić information content (AvgIpc) is 3.08. The highest BCUT2D eigenvalue weighted by Gasteiger charge is 2.17. The van der Waals surface area contributed by atoms with Crippen LogP contribution in [0.2, 0.25) is 0 Å². The van der Waals surface area contributed by atoms with Crippen LogP contribution >= 0.6 is 11.3 Å². The largest absolute Gasteiger partial charge is 0.381 e. The molecule has 22 heavy (non-hydrogen) atoms. The van der Waals surface area contributed by atoms with E-state index in [1.165, 1.54) is 0 Å². The Morgan fingerprint density at radius 3 is 3.00 bits per heavy atom. The topological polar surface area (TPSA) is 71.2 Å². The SMILES string of the molecule is O=C(NC[C@H]1CCCOC1)c1ccc(-c2cccs2)[nH]c1=O. The lowest BCUT2D eigenvalue weighted by atomic mass is 10.0. The molecule has 5 nitrogen and oxygen atoms in total. The molecule has 1 aliphatic rings. The molecule has 0 bridgehead atoms. The molecule has 1 saturated heterocycles. The quantitative estimate of drug-likeness (QED) is 0.908. The molecule has 0 spiro atoms. The molecule has 0 unspecified atom stereocenters. The second kappa shape index (κ2) is 6.89. The smallest absolute Gasteiger partial charge is 0.261 e. The van der Waals surface area contributed by atoms with Gasteiger partial charge in [0, 0.05) is 13.2 Å². The number of aromatic amines is 1. The number of hydrogen-bond acceptors (Lipinski definition) is 4. The predicted octanol–water partition coefficient (Wildman–Crippen LogP) is 2.26.